The molecule has 2 aromatic carbocycles. The Kier molecular flexibility index (Phi) is 4.42. The molecule has 4 rings (SSSR count). The third-order valence-electron chi connectivity index (χ3n) is 5.12. The maximum atomic E-state index is 5.62. The van der Waals surface area contributed by atoms with Crippen LogP contribution in [0.2, 0.25) is 0 Å². The lowest BCUT2D eigenvalue weighted by molar-refractivity contribution is 0.0448. The van der Waals surface area contributed by atoms with Crippen molar-refractivity contribution in [3.63, 3.8) is 0 Å². The van der Waals surface area contributed by atoms with Gasteiger partial charge in [0, 0.05) is 28.8 Å². The number of benzene rings is 2. The van der Waals surface area contributed by atoms with Crippen molar-refractivity contribution in [3.05, 3.63) is 64.1 Å². The third-order valence-corrected chi connectivity index (χ3v) is 5.89. The van der Waals surface area contributed by atoms with E-state index in [0.29, 0.717) is 6.54 Å². The lowest BCUT2D eigenvalue weighted by Crippen LogP contribution is -2.45. The maximum absolute atomic E-state index is 5.62. The number of nitrogens with one attached hydrogen (secondary N) is 1. The molecular formula is C20H21BrN2O. The molecule has 0 atom stereocenters. The highest BCUT2D eigenvalue weighted by atomic mass is 79.9. The van der Waals surface area contributed by atoms with Gasteiger partial charge in [0.05, 0.1) is 6.54 Å². The number of rotatable bonds is 2. The van der Waals surface area contributed by atoms with Gasteiger partial charge in [-0.1, -0.05) is 52.3 Å². The summed E-state index contributed by atoms with van der Waals surface area (Å²) in [5, 5.41) is 3.63. The van der Waals surface area contributed by atoms with Crippen LogP contribution in [0.5, 0.6) is 0 Å². The van der Waals surface area contributed by atoms with E-state index in [4.69, 9.17) is 9.73 Å². The number of nitrogens with zero attached hydrogens (tertiary/aromatic N) is 1. The fourth-order valence-electron chi connectivity index (χ4n) is 3.68. The Hall–Kier alpha value is -1.65. The van der Waals surface area contributed by atoms with Crippen LogP contribution in [-0.4, -0.2) is 19.0 Å². The van der Waals surface area contributed by atoms with Crippen LogP contribution < -0.4 is 5.32 Å². The third kappa shape index (κ3) is 3.01. The van der Waals surface area contributed by atoms with Gasteiger partial charge in [-0.15, -0.1) is 0 Å². The van der Waals surface area contributed by atoms with Crippen LogP contribution in [0.3, 0.4) is 0 Å². The van der Waals surface area contributed by atoms with E-state index in [1.165, 1.54) is 16.8 Å². The van der Waals surface area contributed by atoms with Crippen LogP contribution in [-0.2, 0) is 17.7 Å². The normalized spacial score (nSPS) is 20.6. The number of hydrogen-bond donors (Lipinski definition) is 1. The van der Waals surface area contributed by atoms with E-state index in [-0.39, 0.29) is 5.41 Å². The minimum atomic E-state index is 0.0911. The molecule has 3 nitrogen and oxygen atoms in total. The summed E-state index contributed by atoms with van der Waals surface area (Å²) in [6.45, 7) is 2.32. The molecule has 124 valence electrons. The van der Waals surface area contributed by atoms with Crippen molar-refractivity contribution >= 4 is 27.5 Å². The number of amidine groups is 1. The first kappa shape index (κ1) is 15.9. The van der Waals surface area contributed by atoms with Crippen molar-refractivity contribution in [2.45, 2.75) is 25.8 Å². The molecular weight excluding hydrogens is 364 g/mol. The van der Waals surface area contributed by atoms with E-state index in [1.807, 2.05) is 6.07 Å². The number of anilines is 1. The van der Waals surface area contributed by atoms with Crippen molar-refractivity contribution in [1.82, 2.24) is 0 Å². The summed E-state index contributed by atoms with van der Waals surface area (Å²) in [6.07, 6.45) is 3.11. The molecule has 2 aliphatic heterocycles. The Balaban J connectivity index is 1.68. The van der Waals surface area contributed by atoms with Gasteiger partial charge in [0.25, 0.3) is 0 Å². The van der Waals surface area contributed by atoms with Gasteiger partial charge in [-0.3, -0.25) is 4.99 Å². The minimum Gasteiger partial charge on any atom is -0.381 e. The predicted molar refractivity (Wildman–Crippen MR) is 102 cm³/mol. The average molecular weight is 385 g/mol. The summed E-state index contributed by atoms with van der Waals surface area (Å²) in [5.41, 5.74) is 3.89. The molecule has 24 heavy (non-hydrogen) atoms. The van der Waals surface area contributed by atoms with Gasteiger partial charge in [0.15, 0.2) is 0 Å². The summed E-state index contributed by atoms with van der Waals surface area (Å²) in [7, 11) is 0. The van der Waals surface area contributed by atoms with Crippen LogP contribution in [0.15, 0.2) is 58.0 Å². The lowest BCUT2D eigenvalue weighted by Gasteiger charge is -2.42. The van der Waals surface area contributed by atoms with Crippen LogP contribution in [0.4, 0.5) is 5.69 Å². The molecule has 0 unspecified atom stereocenters. The highest BCUT2D eigenvalue weighted by Crippen LogP contribution is 2.41. The maximum Gasteiger partial charge on any atom is 0.108 e. The fraction of sp³-hybridized carbons (Fsp3) is 0.350. The van der Waals surface area contributed by atoms with E-state index in [2.05, 4.69) is 63.7 Å². The predicted octanol–water partition coefficient (Wildman–Crippen LogP) is 4.81. The molecule has 2 aromatic rings. The molecule has 1 spiro atoms. The first-order valence-electron chi connectivity index (χ1n) is 8.48. The van der Waals surface area contributed by atoms with Gasteiger partial charge < -0.3 is 10.1 Å². The largest absolute Gasteiger partial charge is 0.381 e. The van der Waals surface area contributed by atoms with E-state index in [9.17, 15) is 0 Å². The molecule has 1 saturated heterocycles. The zero-order valence-electron chi connectivity index (χ0n) is 13.6. The topological polar surface area (TPSA) is 33.6 Å². The Bertz CT molecular complexity index is 766. The van der Waals surface area contributed by atoms with Gasteiger partial charge >= 0.3 is 0 Å². The zero-order chi connectivity index (χ0) is 16.4. The number of ether oxygens (including phenoxy) is 1. The van der Waals surface area contributed by atoms with E-state index < -0.39 is 0 Å². The second-order valence-electron chi connectivity index (χ2n) is 6.61. The smallest absolute Gasteiger partial charge is 0.108 e. The molecule has 0 bridgehead atoms. The van der Waals surface area contributed by atoms with Crippen molar-refractivity contribution < 1.29 is 4.74 Å². The quantitative estimate of drug-likeness (QED) is 0.805. The molecule has 0 amide bonds. The molecule has 0 saturated carbocycles. The molecule has 0 radical (unpaired) electrons. The summed E-state index contributed by atoms with van der Waals surface area (Å²) >= 11 is 3.62. The van der Waals surface area contributed by atoms with Crippen molar-refractivity contribution in [1.29, 1.82) is 0 Å². The van der Waals surface area contributed by atoms with Gasteiger partial charge in [-0.25, -0.2) is 0 Å². The number of aliphatic imine (C=N–C) groups is 1. The monoisotopic (exact) mass is 384 g/mol. The number of halogens is 1. The highest BCUT2D eigenvalue weighted by Gasteiger charge is 2.41. The molecule has 1 N–H and O–H groups in total. The lowest BCUT2D eigenvalue weighted by atomic mass is 9.71. The number of fused-ring (bicyclic) bond motifs is 1. The molecule has 2 aliphatic rings. The Labute approximate surface area is 151 Å². The molecule has 0 aromatic heterocycles. The summed E-state index contributed by atoms with van der Waals surface area (Å²) in [4.78, 5) is 5.01. The Morgan fingerprint density at radius 2 is 1.79 bits per heavy atom. The van der Waals surface area contributed by atoms with Gasteiger partial charge in [0.2, 0.25) is 0 Å². The molecule has 2 heterocycles. The van der Waals surface area contributed by atoms with E-state index >= 15 is 0 Å². The standard InChI is InChI=1S/C20H21BrN2O/c21-17-7-3-1-6-16(17)14-22-19-20(9-11-24-12-10-20)13-15-5-2-4-8-18(15)23-19/h1-8H,9-14H2,(H,22,23). The molecule has 4 heteroatoms. The SMILES string of the molecule is Brc1ccccc1CN=C1Nc2ccccc2CC12CCOCC2. The number of para-hydroxylation sites is 1. The highest BCUT2D eigenvalue weighted by molar-refractivity contribution is 9.10. The minimum absolute atomic E-state index is 0.0911. The van der Waals surface area contributed by atoms with Crippen molar-refractivity contribution in [2.24, 2.45) is 10.4 Å². The van der Waals surface area contributed by atoms with Gasteiger partial charge in [-0.2, -0.15) is 0 Å². The molecule has 1 fully saturated rings. The first-order valence-corrected chi connectivity index (χ1v) is 9.27. The summed E-state index contributed by atoms with van der Waals surface area (Å²) in [5.74, 6) is 1.13. The van der Waals surface area contributed by atoms with Crippen LogP contribution in [0.25, 0.3) is 0 Å². The number of hydrogen-bond acceptors (Lipinski definition) is 2. The second-order valence-corrected chi connectivity index (χ2v) is 7.46. The second kappa shape index (κ2) is 6.69. The first-order chi connectivity index (χ1) is 11.8. The average Bonchev–Trinajstić information content (AvgIpc) is 2.62. The molecule has 0 aliphatic carbocycles. The van der Waals surface area contributed by atoms with Gasteiger partial charge in [0.1, 0.15) is 5.84 Å². The fourth-order valence-corrected chi connectivity index (χ4v) is 4.09. The van der Waals surface area contributed by atoms with Crippen molar-refractivity contribution in [2.75, 3.05) is 18.5 Å². The Morgan fingerprint density at radius 1 is 1.04 bits per heavy atom. The van der Waals surface area contributed by atoms with Crippen LogP contribution in [0.1, 0.15) is 24.0 Å². The van der Waals surface area contributed by atoms with Crippen LogP contribution >= 0.6 is 15.9 Å². The summed E-state index contributed by atoms with van der Waals surface area (Å²) < 4.78 is 6.74. The van der Waals surface area contributed by atoms with E-state index in [1.54, 1.807) is 0 Å². The van der Waals surface area contributed by atoms with E-state index in [0.717, 1.165) is 42.8 Å². The van der Waals surface area contributed by atoms with Crippen molar-refractivity contribution in [3.8, 4) is 0 Å². The Morgan fingerprint density at radius 3 is 2.62 bits per heavy atom. The van der Waals surface area contributed by atoms with Gasteiger partial charge in [-0.05, 0) is 42.5 Å². The van der Waals surface area contributed by atoms with Crippen LogP contribution in [0, 0.1) is 5.41 Å². The zero-order valence-corrected chi connectivity index (χ0v) is 15.2. The summed E-state index contributed by atoms with van der Waals surface area (Å²) in [6, 6.07) is 16.9.